The van der Waals surface area contributed by atoms with Crippen LogP contribution >= 0.6 is 0 Å². The Morgan fingerprint density at radius 2 is 1.26 bits per heavy atom. The van der Waals surface area contributed by atoms with Crippen molar-refractivity contribution in [2.75, 3.05) is 43.3 Å². The molecule has 0 radical (unpaired) electrons. The Morgan fingerprint density at radius 1 is 0.778 bits per heavy atom. The number of anilines is 3. The predicted octanol–water partition coefficient (Wildman–Crippen LogP) is 3.70. The van der Waals surface area contributed by atoms with Crippen molar-refractivity contribution in [1.82, 2.24) is 0 Å². The third-order valence-corrected chi connectivity index (χ3v) is 5.27. The highest BCUT2D eigenvalue weighted by atomic mass is 16.3. The molecule has 138 valence electrons. The average molecular weight is 361 g/mol. The van der Waals surface area contributed by atoms with Crippen molar-refractivity contribution < 1.29 is 9.21 Å². The van der Waals surface area contributed by atoms with Crippen LogP contribution in [0.25, 0.3) is 0 Å². The lowest BCUT2D eigenvalue weighted by Crippen LogP contribution is -2.37. The molecule has 2 aromatic carbocycles. The second kappa shape index (κ2) is 6.20. The minimum absolute atomic E-state index is 0.0907. The summed E-state index contributed by atoms with van der Waals surface area (Å²) in [6.45, 7) is 0. The van der Waals surface area contributed by atoms with Crippen LogP contribution in [0.4, 0.5) is 17.3 Å². The number of nitrogens with zero attached hydrogens (tertiary/aromatic N) is 2. The molecule has 27 heavy (non-hydrogen) atoms. The number of amides is 1. The highest BCUT2D eigenvalue weighted by Gasteiger charge is 2.51. The highest BCUT2D eigenvalue weighted by molar-refractivity contribution is 6.10. The molecular weight excluding hydrogens is 338 g/mol. The van der Waals surface area contributed by atoms with Crippen LogP contribution in [0, 0.1) is 0 Å². The Kier molecular flexibility index (Phi) is 3.95. The van der Waals surface area contributed by atoms with Crippen molar-refractivity contribution >= 4 is 23.2 Å². The molecule has 1 aromatic heterocycles. The summed E-state index contributed by atoms with van der Waals surface area (Å²) in [5.41, 5.74) is 3.94. The van der Waals surface area contributed by atoms with Crippen LogP contribution in [0.3, 0.4) is 0 Å². The fourth-order valence-corrected chi connectivity index (χ4v) is 3.78. The van der Waals surface area contributed by atoms with Crippen molar-refractivity contribution in [3.63, 3.8) is 0 Å². The van der Waals surface area contributed by atoms with Gasteiger partial charge in [-0.2, -0.15) is 0 Å². The fourth-order valence-electron chi connectivity index (χ4n) is 3.78. The molecule has 5 heteroatoms. The van der Waals surface area contributed by atoms with E-state index in [9.17, 15) is 4.79 Å². The van der Waals surface area contributed by atoms with Gasteiger partial charge in [0.15, 0.2) is 0 Å². The molecule has 0 bridgehead atoms. The maximum absolute atomic E-state index is 13.3. The van der Waals surface area contributed by atoms with E-state index in [1.165, 1.54) is 0 Å². The molecule has 1 aliphatic rings. The minimum atomic E-state index is -0.919. The number of hydrogen-bond acceptors (Lipinski definition) is 4. The zero-order valence-corrected chi connectivity index (χ0v) is 16.0. The largest absolute Gasteiger partial charge is 0.448 e. The van der Waals surface area contributed by atoms with Gasteiger partial charge in [0, 0.05) is 45.1 Å². The number of carbonyl (C=O) groups is 1. The van der Waals surface area contributed by atoms with Gasteiger partial charge in [0.2, 0.25) is 11.8 Å². The molecule has 2 heterocycles. The topological polar surface area (TPSA) is 48.7 Å². The third-order valence-electron chi connectivity index (χ3n) is 5.27. The minimum Gasteiger partial charge on any atom is -0.448 e. The van der Waals surface area contributed by atoms with Crippen molar-refractivity contribution in [2.45, 2.75) is 5.41 Å². The van der Waals surface area contributed by atoms with Crippen molar-refractivity contribution in [3.8, 4) is 0 Å². The van der Waals surface area contributed by atoms with Gasteiger partial charge < -0.3 is 14.2 Å². The van der Waals surface area contributed by atoms with E-state index in [1.54, 1.807) is 6.26 Å². The first-order valence-electron chi connectivity index (χ1n) is 8.89. The first-order chi connectivity index (χ1) is 12.9. The van der Waals surface area contributed by atoms with E-state index in [2.05, 4.69) is 5.32 Å². The van der Waals surface area contributed by atoms with Gasteiger partial charge in [0.05, 0.1) is 6.26 Å². The number of nitrogens with one attached hydrogen (secondary N) is 1. The lowest BCUT2D eigenvalue weighted by Gasteiger charge is -2.29. The van der Waals surface area contributed by atoms with Crippen molar-refractivity contribution in [3.05, 3.63) is 77.6 Å². The fraction of sp³-hybridized carbons (Fsp3) is 0.227. The van der Waals surface area contributed by atoms with Crippen molar-refractivity contribution in [1.29, 1.82) is 0 Å². The van der Waals surface area contributed by atoms with Crippen LogP contribution in [-0.4, -0.2) is 34.1 Å². The van der Waals surface area contributed by atoms with Gasteiger partial charge in [0.25, 0.3) is 0 Å². The third kappa shape index (κ3) is 2.50. The summed E-state index contributed by atoms with van der Waals surface area (Å²) in [4.78, 5) is 17.3. The van der Waals surface area contributed by atoms with E-state index in [4.69, 9.17) is 4.42 Å². The average Bonchev–Trinajstić information content (AvgIpc) is 3.21. The Balaban J connectivity index is 1.93. The standard InChI is InChI=1S/C22H23N3O2/c1-24(2)17-9-5-15(6-10-17)22(16-7-11-18(12-8-16)25(3)4)19-13-14-27-20(19)23-21(22)26/h5-14H,1-4H3,(H,23,26). The normalized spacial score (nSPS) is 14.6. The van der Waals surface area contributed by atoms with E-state index in [1.807, 2.05) is 92.6 Å². The zero-order chi connectivity index (χ0) is 19.2. The predicted molar refractivity (Wildman–Crippen MR) is 109 cm³/mol. The van der Waals surface area contributed by atoms with Gasteiger partial charge in [0.1, 0.15) is 5.41 Å². The molecule has 0 spiro atoms. The van der Waals surface area contributed by atoms with E-state index in [-0.39, 0.29) is 5.91 Å². The van der Waals surface area contributed by atoms with E-state index >= 15 is 0 Å². The second-order valence-electron chi connectivity index (χ2n) is 7.25. The van der Waals surface area contributed by atoms with Crippen LogP contribution < -0.4 is 15.1 Å². The molecule has 0 unspecified atom stereocenters. The molecule has 4 rings (SSSR count). The van der Waals surface area contributed by atoms with Crippen LogP contribution in [-0.2, 0) is 10.2 Å². The summed E-state index contributed by atoms with van der Waals surface area (Å²) in [6, 6.07) is 18.1. The van der Waals surface area contributed by atoms with E-state index < -0.39 is 5.41 Å². The zero-order valence-electron chi connectivity index (χ0n) is 16.0. The molecule has 1 amide bonds. The first-order valence-corrected chi connectivity index (χ1v) is 8.89. The van der Waals surface area contributed by atoms with Crippen LogP contribution in [0.2, 0.25) is 0 Å². The van der Waals surface area contributed by atoms with Gasteiger partial charge in [-0.25, -0.2) is 0 Å². The molecule has 1 N–H and O–H groups in total. The number of rotatable bonds is 4. The Bertz CT molecular complexity index is 918. The van der Waals surface area contributed by atoms with Gasteiger partial charge in [-0.1, -0.05) is 24.3 Å². The Hall–Kier alpha value is -3.21. The van der Waals surface area contributed by atoms with Crippen LogP contribution in [0.15, 0.2) is 65.3 Å². The summed E-state index contributed by atoms with van der Waals surface area (Å²) in [5, 5.41) is 2.91. The molecular formula is C22H23N3O2. The van der Waals surface area contributed by atoms with Gasteiger partial charge >= 0.3 is 0 Å². The Labute approximate surface area is 159 Å². The second-order valence-corrected chi connectivity index (χ2v) is 7.25. The molecule has 0 saturated carbocycles. The van der Waals surface area contributed by atoms with Crippen molar-refractivity contribution in [2.24, 2.45) is 0 Å². The molecule has 5 nitrogen and oxygen atoms in total. The number of furan rings is 1. The molecule has 0 aliphatic carbocycles. The first kappa shape index (κ1) is 17.2. The summed E-state index contributed by atoms with van der Waals surface area (Å²) in [7, 11) is 8.00. The molecule has 0 atom stereocenters. The summed E-state index contributed by atoms with van der Waals surface area (Å²) in [5.74, 6) is 0.431. The number of hydrogen-bond donors (Lipinski definition) is 1. The monoisotopic (exact) mass is 361 g/mol. The maximum Gasteiger partial charge on any atom is 0.246 e. The van der Waals surface area contributed by atoms with Gasteiger partial charge in [-0.05, 0) is 41.5 Å². The molecule has 0 fully saturated rings. The molecule has 0 saturated heterocycles. The van der Waals surface area contributed by atoms with Crippen LogP contribution in [0.1, 0.15) is 16.7 Å². The lowest BCUT2D eigenvalue weighted by molar-refractivity contribution is -0.118. The van der Waals surface area contributed by atoms with Crippen LogP contribution in [0.5, 0.6) is 0 Å². The smallest absolute Gasteiger partial charge is 0.246 e. The molecule has 3 aromatic rings. The summed E-state index contributed by atoms with van der Waals surface area (Å²) < 4.78 is 5.52. The lowest BCUT2D eigenvalue weighted by atomic mass is 9.71. The summed E-state index contributed by atoms with van der Waals surface area (Å²) in [6.07, 6.45) is 1.63. The quantitative estimate of drug-likeness (QED) is 0.770. The number of carbonyl (C=O) groups excluding carboxylic acids is 1. The van der Waals surface area contributed by atoms with E-state index in [0.29, 0.717) is 5.88 Å². The molecule has 1 aliphatic heterocycles. The summed E-state index contributed by atoms with van der Waals surface area (Å²) >= 11 is 0. The SMILES string of the molecule is CN(C)c1ccc(C2(c3ccc(N(C)C)cc3)C(=O)Nc3occc32)cc1. The highest BCUT2D eigenvalue weighted by Crippen LogP contribution is 2.48. The van der Waals surface area contributed by atoms with Gasteiger partial charge in [-0.3, -0.25) is 10.1 Å². The number of benzene rings is 2. The number of fused-ring (bicyclic) bond motifs is 1. The Morgan fingerprint density at radius 3 is 1.70 bits per heavy atom. The van der Waals surface area contributed by atoms with E-state index in [0.717, 1.165) is 28.1 Å². The van der Waals surface area contributed by atoms with Gasteiger partial charge in [-0.15, -0.1) is 0 Å². The maximum atomic E-state index is 13.3.